The number of halogens is 1. The van der Waals surface area contributed by atoms with Crippen LogP contribution < -0.4 is 10.1 Å². The van der Waals surface area contributed by atoms with E-state index in [1.807, 2.05) is 48.5 Å². The van der Waals surface area contributed by atoms with Crippen LogP contribution in [0.2, 0.25) is 0 Å². The maximum absolute atomic E-state index is 12.6. The van der Waals surface area contributed by atoms with Crippen molar-refractivity contribution in [1.29, 1.82) is 0 Å². The Hall–Kier alpha value is -2.37. The quantitative estimate of drug-likeness (QED) is 0.593. The Bertz CT molecular complexity index is 967. The lowest BCUT2D eigenvalue weighted by atomic mass is 10.1. The van der Waals surface area contributed by atoms with Crippen molar-refractivity contribution in [2.45, 2.75) is 18.9 Å². The zero-order chi connectivity index (χ0) is 18.6. The van der Waals surface area contributed by atoms with Crippen LogP contribution in [0.25, 0.3) is 10.8 Å². The molecule has 0 spiro atoms. The van der Waals surface area contributed by atoms with Crippen molar-refractivity contribution in [2.24, 2.45) is 0 Å². The number of rotatable bonds is 5. The highest BCUT2D eigenvalue weighted by Gasteiger charge is 2.17. The number of carbonyl (C=O) groups is 1. The molecule has 1 aliphatic rings. The molecule has 1 unspecified atom stereocenters. The van der Waals surface area contributed by atoms with E-state index in [9.17, 15) is 4.79 Å². The maximum Gasteiger partial charge on any atom is 0.255 e. The zero-order valence-electron chi connectivity index (χ0n) is 14.8. The van der Waals surface area contributed by atoms with Crippen LogP contribution in [-0.2, 0) is 4.74 Å². The molecule has 1 heterocycles. The van der Waals surface area contributed by atoms with Gasteiger partial charge in [0.1, 0.15) is 12.4 Å². The maximum atomic E-state index is 12.6. The van der Waals surface area contributed by atoms with E-state index in [4.69, 9.17) is 9.47 Å². The van der Waals surface area contributed by atoms with Gasteiger partial charge in [0.15, 0.2) is 0 Å². The second-order valence-electron chi connectivity index (χ2n) is 6.61. The summed E-state index contributed by atoms with van der Waals surface area (Å²) in [5, 5.41) is 5.19. The smallest absolute Gasteiger partial charge is 0.255 e. The molecule has 3 aromatic rings. The first-order chi connectivity index (χ1) is 13.2. The molecule has 1 atom stereocenters. The van der Waals surface area contributed by atoms with Crippen molar-refractivity contribution in [3.05, 3.63) is 70.7 Å². The van der Waals surface area contributed by atoms with Crippen LogP contribution in [0.1, 0.15) is 23.2 Å². The van der Waals surface area contributed by atoms with E-state index in [0.717, 1.165) is 40.4 Å². The standard InChI is InChI=1S/C22H20BrNO3/c23-20-13-17(8-10-21(20)27-14-19-6-3-11-26-19)22(25)24-18-9-7-15-4-1-2-5-16(15)12-18/h1-2,4-5,7-10,12-13,19H,3,6,11,14H2,(H,24,25). The summed E-state index contributed by atoms with van der Waals surface area (Å²) in [5.41, 5.74) is 1.34. The van der Waals surface area contributed by atoms with Crippen molar-refractivity contribution in [3.8, 4) is 5.75 Å². The molecule has 0 radical (unpaired) electrons. The largest absolute Gasteiger partial charge is 0.490 e. The van der Waals surface area contributed by atoms with E-state index in [1.54, 1.807) is 12.1 Å². The second-order valence-corrected chi connectivity index (χ2v) is 7.46. The first kappa shape index (κ1) is 18.0. The van der Waals surface area contributed by atoms with Gasteiger partial charge in [-0.2, -0.15) is 0 Å². The van der Waals surface area contributed by atoms with Gasteiger partial charge in [-0.3, -0.25) is 4.79 Å². The number of hydrogen-bond donors (Lipinski definition) is 1. The fourth-order valence-electron chi connectivity index (χ4n) is 3.19. The topological polar surface area (TPSA) is 47.6 Å². The predicted molar refractivity (Wildman–Crippen MR) is 111 cm³/mol. The van der Waals surface area contributed by atoms with E-state index >= 15 is 0 Å². The van der Waals surface area contributed by atoms with E-state index in [1.165, 1.54) is 0 Å². The Balaban J connectivity index is 1.43. The lowest BCUT2D eigenvalue weighted by molar-refractivity contribution is 0.0677. The van der Waals surface area contributed by atoms with Gasteiger partial charge in [-0.15, -0.1) is 0 Å². The van der Waals surface area contributed by atoms with Crippen LogP contribution in [0.5, 0.6) is 5.75 Å². The van der Waals surface area contributed by atoms with Gasteiger partial charge < -0.3 is 14.8 Å². The van der Waals surface area contributed by atoms with E-state index in [-0.39, 0.29) is 12.0 Å². The summed E-state index contributed by atoms with van der Waals surface area (Å²) in [6.45, 7) is 1.34. The average molecular weight is 426 g/mol. The van der Waals surface area contributed by atoms with Gasteiger partial charge in [0.25, 0.3) is 5.91 Å². The molecule has 1 amide bonds. The van der Waals surface area contributed by atoms with Gasteiger partial charge in [-0.05, 0) is 69.9 Å². The highest BCUT2D eigenvalue weighted by molar-refractivity contribution is 9.10. The Morgan fingerprint density at radius 3 is 2.74 bits per heavy atom. The highest BCUT2D eigenvalue weighted by Crippen LogP contribution is 2.28. The molecule has 0 aromatic heterocycles. The minimum absolute atomic E-state index is 0.156. The van der Waals surface area contributed by atoms with E-state index in [0.29, 0.717) is 17.9 Å². The Morgan fingerprint density at radius 1 is 1.11 bits per heavy atom. The number of amides is 1. The zero-order valence-corrected chi connectivity index (χ0v) is 16.4. The van der Waals surface area contributed by atoms with Crippen LogP contribution in [-0.4, -0.2) is 25.2 Å². The molecule has 0 bridgehead atoms. The van der Waals surface area contributed by atoms with Gasteiger partial charge in [-0.1, -0.05) is 30.3 Å². The van der Waals surface area contributed by atoms with Crippen LogP contribution in [0.3, 0.4) is 0 Å². The molecular weight excluding hydrogens is 406 g/mol. The van der Waals surface area contributed by atoms with Gasteiger partial charge in [0, 0.05) is 17.9 Å². The summed E-state index contributed by atoms with van der Waals surface area (Å²) in [5.74, 6) is 0.560. The summed E-state index contributed by atoms with van der Waals surface area (Å²) in [7, 11) is 0. The van der Waals surface area contributed by atoms with E-state index < -0.39 is 0 Å². The van der Waals surface area contributed by atoms with Crippen LogP contribution in [0.15, 0.2) is 65.1 Å². The molecule has 0 aliphatic carbocycles. The van der Waals surface area contributed by atoms with E-state index in [2.05, 4.69) is 21.2 Å². The van der Waals surface area contributed by atoms with Gasteiger partial charge in [0.05, 0.1) is 10.6 Å². The molecule has 27 heavy (non-hydrogen) atoms. The van der Waals surface area contributed by atoms with Crippen molar-refractivity contribution in [2.75, 3.05) is 18.5 Å². The third-order valence-corrected chi connectivity index (χ3v) is 5.27. The Kier molecular flexibility index (Phi) is 5.41. The Labute approximate surface area is 166 Å². The molecule has 1 N–H and O–H groups in total. The fraction of sp³-hybridized carbons (Fsp3) is 0.227. The first-order valence-electron chi connectivity index (χ1n) is 9.03. The highest BCUT2D eigenvalue weighted by atomic mass is 79.9. The van der Waals surface area contributed by atoms with Crippen LogP contribution in [0, 0.1) is 0 Å². The number of carbonyl (C=O) groups excluding carboxylic acids is 1. The van der Waals surface area contributed by atoms with Crippen LogP contribution >= 0.6 is 15.9 Å². The molecule has 5 heteroatoms. The summed E-state index contributed by atoms with van der Waals surface area (Å²) in [6, 6.07) is 19.3. The molecule has 3 aromatic carbocycles. The average Bonchev–Trinajstić information content (AvgIpc) is 3.20. The fourth-order valence-corrected chi connectivity index (χ4v) is 3.68. The summed E-state index contributed by atoms with van der Waals surface area (Å²) in [4.78, 5) is 12.6. The summed E-state index contributed by atoms with van der Waals surface area (Å²) < 4.78 is 12.1. The predicted octanol–water partition coefficient (Wildman–Crippen LogP) is 5.41. The van der Waals surface area contributed by atoms with Crippen molar-refractivity contribution in [3.63, 3.8) is 0 Å². The molecule has 138 valence electrons. The van der Waals surface area contributed by atoms with Gasteiger partial charge >= 0.3 is 0 Å². The van der Waals surface area contributed by atoms with Crippen molar-refractivity contribution >= 4 is 38.3 Å². The normalized spacial score (nSPS) is 16.4. The number of fused-ring (bicyclic) bond motifs is 1. The molecule has 4 nitrogen and oxygen atoms in total. The Morgan fingerprint density at radius 2 is 1.96 bits per heavy atom. The molecule has 1 saturated heterocycles. The van der Waals surface area contributed by atoms with Crippen LogP contribution in [0.4, 0.5) is 5.69 Å². The number of anilines is 1. The minimum Gasteiger partial charge on any atom is -0.490 e. The number of benzene rings is 3. The number of ether oxygens (including phenoxy) is 2. The van der Waals surface area contributed by atoms with Crippen molar-refractivity contribution < 1.29 is 14.3 Å². The summed E-state index contributed by atoms with van der Waals surface area (Å²) in [6.07, 6.45) is 2.28. The van der Waals surface area contributed by atoms with Crippen molar-refractivity contribution in [1.82, 2.24) is 0 Å². The number of hydrogen-bond acceptors (Lipinski definition) is 3. The lowest BCUT2D eigenvalue weighted by Gasteiger charge is -2.13. The van der Waals surface area contributed by atoms with Gasteiger partial charge in [0.2, 0.25) is 0 Å². The molecule has 0 saturated carbocycles. The second kappa shape index (κ2) is 8.11. The molecular formula is C22H20BrNO3. The molecule has 1 fully saturated rings. The molecule has 4 rings (SSSR count). The SMILES string of the molecule is O=C(Nc1ccc2ccccc2c1)c1ccc(OCC2CCCO2)c(Br)c1. The third kappa shape index (κ3) is 4.31. The molecule has 1 aliphatic heterocycles. The summed E-state index contributed by atoms with van der Waals surface area (Å²) >= 11 is 3.50. The third-order valence-electron chi connectivity index (χ3n) is 4.65. The lowest BCUT2D eigenvalue weighted by Crippen LogP contribution is -2.16. The first-order valence-corrected chi connectivity index (χ1v) is 9.82. The van der Waals surface area contributed by atoms with Gasteiger partial charge in [-0.25, -0.2) is 0 Å². The monoisotopic (exact) mass is 425 g/mol. The number of nitrogens with one attached hydrogen (secondary N) is 1. The minimum atomic E-state index is -0.156.